The number of pyridine rings is 1. The van der Waals surface area contributed by atoms with Gasteiger partial charge in [0, 0.05) is 22.5 Å². The topological polar surface area (TPSA) is 49.8 Å². The smallest absolute Gasteiger partial charge is 0.176 e. The second-order valence-electron chi connectivity index (χ2n) is 6.68. The van der Waals surface area contributed by atoms with Gasteiger partial charge in [0.25, 0.3) is 0 Å². The fourth-order valence-corrected chi connectivity index (χ4v) is 5.35. The number of thiophene rings is 1. The average Bonchev–Trinajstić information content (AvgIpc) is 3.32. The van der Waals surface area contributed by atoms with Gasteiger partial charge in [-0.25, -0.2) is 18.7 Å². The van der Waals surface area contributed by atoms with Crippen LogP contribution in [0.5, 0.6) is 0 Å². The van der Waals surface area contributed by atoms with Crippen LogP contribution >= 0.6 is 22.7 Å². The molecule has 5 rings (SSSR count). The number of thiazole rings is 1. The lowest BCUT2D eigenvalue weighted by Crippen LogP contribution is -2.30. The Bertz CT molecular complexity index is 1230. The predicted octanol–water partition coefficient (Wildman–Crippen LogP) is 5.69. The van der Waals surface area contributed by atoms with E-state index >= 15 is 0 Å². The van der Waals surface area contributed by atoms with Crippen molar-refractivity contribution in [1.82, 2.24) is 15.3 Å². The highest BCUT2D eigenvalue weighted by molar-refractivity contribution is 7.19. The van der Waals surface area contributed by atoms with Gasteiger partial charge in [-0.2, -0.15) is 0 Å². The molecule has 142 valence electrons. The van der Waals surface area contributed by atoms with Crippen molar-refractivity contribution in [3.05, 3.63) is 52.5 Å². The molecule has 28 heavy (non-hydrogen) atoms. The first-order valence-electron chi connectivity index (χ1n) is 8.92. The first-order valence-corrected chi connectivity index (χ1v) is 10.6. The molecule has 8 heteroatoms. The third-order valence-electron chi connectivity index (χ3n) is 4.92. The lowest BCUT2D eigenvalue weighted by Gasteiger charge is -2.21. The van der Waals surface area contributed by atoms with E-state index in [0.29, 0.717) is 10.4 Å². The van der Waals surface area contributed by atoms with Crippen molar-refractivity contribution in [2.24, 2.45) is 0 Å². The van der Waals surface area contributed by atoms with Gasteiger partial charge in [-0.1, -0.05) is 6.08 Å². The zero-order chi connectivity index (χ0) is 19.3. The molecule has 0 amide bonds. The van der Waals surface area contributed by atoms with Crippen LogP contribution in [-0.4, -0.2) is 22.6 Å². The van der Waals surface area contributed by atoms with Crippen molar-refractivity contribution in [3.8, 4) is 0 Å². The van der Waals surface area contributed by atoms with E-state index in [1.807, 2.05) is 6.07 Å². The van der Waals surface area contributed by atoms with E-state index in [4.69, 9.17) is 0 Å². The van der Waals surface area contributed by atoms with Crippen LogP contribution in [0.2, 0.25) is 0 Å². The average molecular weight is 415 g/mol. The fraction of sp³-hybridized carbons (Fsp3) is 0.200. The van der Waals surface area contributed by atoms with Crippen molar-refractivity contribution in [2.75, 3.05) is 11.9 Å². The minimum absolute atomic E-state index is 0.178. The fourth-order valence-electron chi connectivity index (χ4n) is 3.50. The third kappa shape index (κ3) is 2.88. The van der Waals surface area contributed by atoms with E-state index < -0.39 is 11.6 Å². The van der Waals surface area contributed by atoms with Gasteiger partial charge in [-0.3, -0.25) is 0 Å². The lowest BCUT2D eigenvalue weighted by molar-refractivity contribution is 0.598. The number of hydrogen-bond donors (Lipinski definition) is 2. The van der Waals surface area contributed by atoms with Crippen LogP contribution in [0.4, 0.5) is 20.2 Å². The van der Waals surface area contributed by atoms with Gasteiger partial charge in [0.15, 0.2) is 11.6 Å². The van der Waals surface area contributed by atoms with E-state index in [-0.39, 0.29) is 17.2 Å². The molecule has 4 aromatic rings. The van der Waals surface area contributed by atoms with Crippen LogP contribution in [0, 0.1) is 11.6 Å². The van der Waals surface area contributed by atoms with Crippen molar-refractivity contribution in [3.63, 3.8) is 0 Å². The Morgan fingerprint density at radius 1 is 1.25 bits per heavy atom. The Morgan fingerprint density at radius 3 is 3.00 bits per heavy atom. The van der Waals surface area contributed by atoms with E-state index in [2.05, 4.69) is 33.6 Å². The Morgan fingerprint density at radius 2 is 2.14 bits per heavy atom. The molecule has 1 aliphatic rings. The van der Waals surface area contributed by atoms with Crippen molar-refractivity contribution >= 4 is 60.1 Å². The van der Waals surface area contributed by atoms with Gasteiger partial charge in [-0.15, -0.1) is 22.7 Å². The molecule has 1 aromatic carbocycles. The summed E-state index contributed by atoms with van der Waals surface area (Å²) in [5.41, 5.74) is 3.36. The zero-order valence-electron chi connectivity index (χ0n) is 14.9. The van der Waals surface area contributed by atoms with Crippen LogP contribution in [0.25, 0.3) is 26.0 Å². The summed E-state index contributed by atoms with van der Waals surface area (Å²) in [6, 6.07) is 5.36. The first kappa shape index (κ1) is 17.7. The summed E-state index contributed by atoms with van der Waals surface area (Å²) in [6.07, 6.45) is 4.88. The number of rotatable bonds is 3. The molecule has 2 N–H and O–H groups in total. The molecule has 0 bridgehead atoms. The predicted molar refractivity (Wildman–Crippen MR) is 112 cm³/mol. The molecule has 0 saturated heterocycles. The van der Waals surface area contributed by atoms with Gasteiger partial charge < -0.3 is 10.6 Å². The number of halogens is 2. The van der Waals surface area contributed by atoms with Crippen LogP contribution in [0.15, 0.2) is 36.0 Å². The normalized spacial score (nSPS) is 17.2. The number of benzene rings is 1. The maximum atomic E-state index is 14.8. The number of nitrogens with one attached hydrogen (secondary N) is 2. The minimum Gasteiger partial charge on any atom is -0.350 e. The Balaban J connectivity index is 1.59. The van der Waals surface area contributed by atoms with E-state index in [1.165, 1.54) is 28.5 Å². The standard InChI is InChI=1S/C20H16F2N4S2/c1-10-11(3-2-5-23-10)15-7-12-14(4-6-24-20(12)28-15)26-18-13(21)8-16-19(17(18)22)25-9-27-16/h3-4,6-10,23H,2,5H2,1H3,(H,24,26)/t10-/m1/s1. The van der Waals surface area contributed by atoms with Crippen LogP contribution in [0.3, 0.4) is 0 Å². The van der Waals surface area contributed by atoms with Gasteiger partial charge in [0.2, 0.25) is 0 Å². The lowest BCUT2D eigenvalue weighted by atomic mass is 10.0. The van der Waals surface area contributed by atoms with Crippen molar-refractivity contribution in [1.29, 1.82) is 0 Å². The van der Waals surface area contributed by atoms with E-state index in [9.17, 15) is 8.78 Å². The second-order valence-corrected chi connectivity index (χ2v) is 8.60. The summed E-state index contributed by atoms with van der Waals surface area (Å²) in [5, 5.41) is 7.24. The van der Waals surface area contributed by atoms with Crippen LogP contribution in [-0.2, 0) is 0 Å². The third-order valence-corrected chi connectivity index (χ3v) is 6.79. The molecule has 0 aliphatic carbocycles. The van der Waals surface area contributed by atoms with Gasteiger partial charge in [-0.05, 0) is 43.7 Å². The first-order chi connectivity index (χ1) is 13.6. The van der Waals surface area contributed by atoms with Crippen molar-refractivity contribution in [2.45, 2.75) is 19.4 Å². The van der Waals surface area contributed by atoms with E-state index in [0.717, 1.165) is 28.1 Å². The SMILES string of the molecule is C[C@H]1NCCC=C1c1cc2c(Nc3c(F)cc4scnc4c3F)ccnc2s1. The molecular weight excluding hydrogens is 398 g/mol. The number of aromatic nitrogens is 2. The second kappa shape index (κ2) is 6.88. The van der Waals surface area contributed by atoms with Crippen LogP contribution < -0.4 is 10.6 Å². The van der Waals surface area contributed by atoms with Gasteiger partial charge >= 0.3 is 0 Å². The Labute approximate surface area is 167 Å². The molecule has 0 unspecified atom stereocenters. The van der Waals surface area contributed by atoms with Gasteiger partial charge in [0.1, 0.15) is 16.0 Å². The monoisotopic (exact) mass is 414 g/mol. The Hall–Kier alpha value is -2.42. The summed E-state index contributed by atoms with van der Waals surface area (Å²) in [7, 11) is 0. The molecule has 1 aliphatic heterocycles. The van der Waals surface area contributed by atoms with E-state index in [1.54, 1.807) is 23.6 Å². The number of nitrogens with zero attached hydrogens (tertiary/aromatic N) is 2. The zero-order valence-corrected chi connectivity index (χ0v) is 16.6. The van der Waals surface area contributed by atoms with Gasteiger partial charge in [0.05, 0.1) is 15.9 Å². The molecule has 3 aromatic heterocycles. The summed E-state index contributed by atoms with van der Waals surface area (Å²) >= 11 is 2.80. The maximum Gasteiger partial charge on any atom is 0.176 e. The Kier molecular flexibility index (Phi) is 4.34. The highest BCUT2D eigenvalue weighted by Crippen LogP contribution is 2.38. The molecule has 0 spiro atoms. The summed E-state index contributed by atoms with van der Waals surface area (Å²) in [5.74, 6) is -1.31. The molecular formula is C20H16F2N4S2. The number of fused-ring (bicyclic) bond motifs is 2. The summed E-state index contributed by atoms with van der Waals surface area (Å²) in [6.45, 7) is 3.11. The largest absolute Gasteiger partial charge is 0.350 e. The molecule has 4 heterocycles. The summed E-state index contributed by atoms with van der Waals surface area (Å²) < 4.78 is 29.8. The molecule has 0 saturated carbocycles. The molecule has 1 atom stereocenters. The maximum absolute atomic E-state index is 14.8. The molecule has 0 radical (unpaired) electrons. The summed E-state index contributed by atoms with van der Waals surface area (Å²) in [4.78, 5) is 10.4. The highest BCUT2D eigenvalue weighted by atomic mass is 32.1. The van der Waals surface area contributed by atoms with Crippen LogP contribution in [0.1, 0.15) is 18.2 Å². The highest BCUT2D eigenvalue weighted by Gasteiger charge is 2.20. The minimum atomic E-state index is -0.676. The molecule has 0 fully saturated rings. The number of hydrogen-bond acceptors (Lipinski definition) is 6. The van der Waals surface area contributed by atoms with Crippen molar-refractivity contribution < 1.29 is 8.78 Å². The quantitative estimate of drug-likeness (QED) is 0.452. The number of anilines is 2. The molecule has 4 nitrogen and oxygen atoms in total.